The van der Waals surface area contributed by atoms with Crippen LogP contribution < -0.4 is 10.6 Å². The lowest BCUT2D eigenvalue weighted by molar-refractivity contribution is 0.300. The van der Waals surface area contributed by atoms with Crippen LogP contribution in [0, 0.1) is 11.8 Å². The van der Waals surface area contributed by atoms with E-state index in [-0.39, 0.29) is 0 Å². The van der Waals surface area contributed by atoms with Gasteiger partial charge in [-0.3, -0.25) is 0 Å². The highest BCUT2D eigenvalue weighted by Gasteiger charge is 2.18. The summed E-state index contributed by atoms with van der Waals surface area (Å²) < 4.78 is 0. The van der Waals surface area contributed by atoms with Crippen LogP contribution in [0.25, 0.3) is 10.9 Å². The number of nitrogens with one attached hydrogen (secondary N) is 2. The average Bonchev–Trinajstić information content (AvgIpc) is 2.53. The average molecular weight is 284 g/mol. The summed E-state index contributed by atoms with van der Waals surface area (Å²) in [6.45, 7) is 3.37. The third-order valence-corrected chi connectivity index (χ3v) is 4.52. The molecule has 1 fully saturated rings. The van der Waals surface area contributed by atoms with Gasteiger partial charge in [-0.15, -0.1) is 0 Å². The van der Waals surface area contributed by atoms with Crippen LogP contribution in [-0.2, 0) is 0 Å². The topological polar surface area (TPSA) is 49.8 Å². The van der Waals surface area contributed by atoms with E-state index in [4.69, 9.17) is 0 Å². The number of nitrogens with zero attached hydrogens (tertiary/aromatic N) is 2. The smallest absolute Gasteiger partial charge is 0.224 e. The molecule has 0 unspecified atom stereocenters. The first kappa shape index (κ1) is 14.1. The Kier molecular flexibility index (Phi) is 4.23. The second-order valence-electron chi connectivity index (χ2n) is 6.17. The molecule has 0 amide bonds. The fourth-order valence-corrected chi connectivity index (χ4v) is 3.10. The second kappa shape index (κ2) is 6.29. The molecule has 4 nitrogen and oxygen atoms in total. The van der Waals surface area contributed by atoms with Gasteiger partial charge in [-0.2, -0.15) is 4.98 Å². The van der Waals surface area contributed by atoms with E-state index in [1.54, 1.807) is 0 Å². The van der Waals surface area contributed by atoms with E-state index >= 15 is 0 Å². The van der Waals surface area contributed by atoms with Gasteiger partial charge in [-0.1, -0.05) is 31.9 Å². The summed E-state index contributed by atoms with van der Waals surface area (Å²) in [5.74, 6) is 3.29. The van der Waals surface area contributed by atoms with Gasteiger partial charge in [0.1, 0.15) is 5.82 Å². The van der Waals surface area contributed by atoms with Crippen LogP contribution in [0.4, 0.5) is 11.8 Å². The predicted molar refractivity (Wildman–Crippen MR) is 88.7 cm³/mol. The Labute approximate surface area is 126 Å². The standard InChI is InChI=1S/C17H24N4/c1-12-7-9-13(10-8-12)11-19-16-14-5-3-4-6-15(14)20-17(18-2)21-16/h3-6,12-13H,7-11H2,1-2H3,(H2,18,19,20,21). The first-order valence-electron chi connectivity index (χ1n) is 7.94. The van der Waals surface area contributed by atoms with Gasteiger partial charge in [0.15, 0.2) is 0 Å². The number of hydrogen-bond acceptors (Lipinski definition) is 4. The fourth-order valence-electron chi connectivity index (χ4n) is 3.10. The monoisotopic (exact) mass is 284 g/mol. The first-order valence-corrected chi connectivity index (χ1v) is 7.94. The number of hydrogen-bond donors (Lipinski definition) is 2. The zero-order valence-corrected chi connectivity index (χ0v) is 12.9. The molecule has 1 aliphatic rings. The lowest BCUT2D eigenvalue weighted by Gasteiger charge is -2.26. The summed E-state index contributed by atoms with van der Waals surface area (Å²) in [7, 11) is 1.86. The Bertz CT molecular complexity index is 603. The molecule has 1 heterocycles. The number of rotatable bonds is 4. The van der Waals surface area contributed by atoms with Crippen LogP contribution in [0.1, 0.15) is 32.6 Å². The van der Waals surface area contributed by atoms with Crippen molar-refractivity contribution in [3.8, 4) is 0 Å². The van der Waals surface area contributed by atoms with Gasteiger partial charge >= 0.3 is 0 Å². The van der Waals surface area contributed by atoms with E-state index in [9.17, 15) is 0 Å². The van der Waals surface area contributed by atoms with Crippen molar-refractivity contribution in [1.82, 2.24) is 9.97 Å². The van der Waals surface area contributed by atoms with Gasteiger partial charge in [0.2, 0.25) is 5.95 Å². The van der Waals surface area contributed by atoms with Crippen LogP contribution in [-0.4, -0.2) is 23.6 Å². The van der Waals surface area contributed by atoms with E-state index in [1.807, 2.05) is 25.2 Å². The van der Waals surface area contributed by atoms with Crippen molar-refractivity contribution in [3.05, 3.63) is 24.3 Å². The molecule has 2 aromatic rings. The van der Waals surface area contributed by atoms with Gasteiger partial charge in [0.05, 0.1) is 5.52 Å². The number of fused-ring (bicyclic) bond motifs is 1. The van der Waals surface area contributed by atoms with Crippen LogP contribution in [0.15, 0.2) is 24.3 Å². The summed E-state index contributed by atoms with van der Waals surface area (Å²) in [5, 5.41) is 7.69. The lowest BCUT2D eigenvalue weighted by Crippen LogP contribution is -2.20. The molecule has 2 N–H and O–H groups in total. The Hall–Kier alpha value is -1.84. The fraction of sp³-hybridized carbons (Fsp3) is 0.529. The zero-order chi connectivity index (χ0) is 14.7. The molecule has 0 aliphatic heterocycles. The molecule has 0 spiro atoms. The molecule has 1 aromatic heterocycles. The Morgan fingerprint density at radius 3 is 2.62 bits per heavy atom. The first-order chi connectivity index (χ1) is 10.3. The lowest BCUT2D eigenvalue weighted by atomic mass is 9.83. The van der Waals surface area contributed by atoms with Crippen molar-refractivity contribution in [2.45, 2.75) is 32.6 Å². The Morgan fingerprint density at radius 1 is 1.10 bits per heavy atom. The van der Waals surface area contributed by atoms with Gasteiger partial charge < -0.3 is 10.6 Å². The van der Waals surface area contributed by atoms with Crippen molar-refractivity contribution in [2.75, 3.05) is 24.2 Å². The third-order valence-electron chi connectivity index (χ3n) is 4.52. The molecule has 21 heavy (non-hydrogen) atoms. The minimum absolute atomic E-state index is 0.675. The maximum absolute atomic E-state index is 4.59. The molecule has 3 rings (SSSR count). The normalized spacial score (nSPS) is 22.2. The highest BCUT2D eigenvalue weighted by atomic mass is 15.1. The summed E-state index contributed by atoms with van der Waals surface area (Å²) in [6.07, 6.45) is 5.38. The minimum atomic E-state index is 0.675. The zero-order valence-electron chi connectivity index (χ0n) is 12.9. The van der Waals surface area contributed by atoms with Crippen LogP contribution >= 0.6 is 0 Å². The predicted octanol–water partition coefficient (Wildman–Crippen LogP) is 3.91. The highest BCUT2D eigenvalue weighted by molar-refractivity contribution is 5.89. The summed E-state index contributed by atoms with van der Waals surface area (Å²) >= 11 is 0. The summed E-state index contributed by atoms with van der Waals surface area (Å²) in [5.41, 5.74) is 0.983. The molecule has 1 aromatic carbocycles. The van der Waals surface area contributed by atoms with Gasteiger partial charge in [-0.25, -0.2) is 4.98 Å². The van der Waals surface area contributed by atoms with Crippen molar-refractivity contribution < 1.29 is 0 Å². The minimum Gasteiger partial charge on any atom is -0.369 e. The molecule has 0 atom stereocenters. The maximum Gasteiger partial charge on any atom is 0.224 e. The van der Waals surface area contributed by atoms with Crippen molar-refractivity contribution in [2.24, 2.45) is 11.8 Å². The van der Waals surface area contributed by atoms with E-state index in [0.29, 0.717) is 5.95 Å². The third kappa shape index (κ3) is 3.26. The number of para-hydroxylation sites is 1. The SMILES string of the molecule is CNc1nc(NCC2CCC(C)CC2)c2ccccc2n1. The van der Waals surface area contributed by atoms with Crippen molar-refractivity contribution in [1.29, 1.82) is 0 Å². The van der Waals surface area contributed by atoms with Crippen molar-refractivity contribution in [3.63, 3.8) is 0 Å². The molecule has 1 aliphatic carbocycles. The Balaban J connectivity index is 1.76. The Morgan fingerprint density at radius 2 is 1.86 bits per heavy atom. The van der Waals surface area contributed by atoms with E-state index < -0.39 is 0 Å². The van der Waals surface area contributed by atoms with E-state index in [0.717, 1.165) is 35.1 Å². The molecule has 4 heteroatoms. The van der Waals surface area contributed by atoms with Gasteiger partial charge in [-0.05, 0) is 36.8 Å². The molecule has 0 bridgehead atoms. The highest BCUT2D eigenvalue weighted by Crippen LogP contribution is 2.29. The molecular weight excluding hydrogens is 260 g/mol. The van der Waals surface area contributed by atoms with Crippen molar-refractivity contribution >= 4 is 22.7 Å². The van der Waals surface area contributed by atoms with E-state index in [2.05, 4.69) is 33.6 Å². The van der Waals surface area contributed by atoms with Crippen LogP contribution in [0.3, 0.4) is 0 Å². The summed E-state index contributed by atoms with van der Waals surface area (Å²) in [4.78, 5) is 9.08. The molecule has 0 radical (unpaired) electrons. The number of aromatic nitrogens is 2. The maximum atomic E-state index is 4.59. The molecule has 0 saturated heterocycles. The molecule has 1 saturated carbocycles. The number of benzene rings is 1. The molecule has 112 valence electrons. The largest absolute Gasteiger partial charge is 0.369 e. The van der Waals surface area contributed by atoms with E-state index in [1.165, 1.54) is 25.7 Å². The van der Waals surface area contributed by atoms with Gasteiger partial charge in [0.25, 0.3) is 0 Å². The van der Waals surface area contributed by atoms with Crippen LogP contribution in [0.2, 0.25) is 0 Å². The van der Waals surface area contributed by atoms with Crippen LogP contribution in [0.5, 0.6) is 0 Å². The van der Waals surface area contributed by atoms with Gasteiger partial charge in [0, 0.05) is 19.0 Å². The number of anilines is 2. The summed E-state index contributed by atoms with van der Waals surface area (Å²) in [6, 6.07) is 8.17. The molecular formula is C17H24N4. The second-order valence-corrected chi connectivity index (χ2v) is 6.17. The quantitative estimate of drug-likeness (QED) is 0.893.